The molecule has 1 N–H and O–H groups in total. The number of rotatable bonds is 6. The Morgan fingerprint density at radius 3 is 2.47 bits per heavy atom. The number of nitrogens with zero attached hydrogens (tertiary/aromatic N) is 2. The van der Waals surface area contributed by atoms with Crippen LogP contribution in [0.5, 0.6) is 17.2 Å². The van der Waals surface area contributed by atoms with E-state index in [1.165, 1.54) is 29.8 Å². The average Bonchev–Trinajstić information content (AvgIpc) is 2.68. The maximum Gasteiger partial charge on any atom is 0.341 e. The Morgan fingerprint density at radius 1 is 1.13 bits per heavy atom. The maximum absolute atomic E-state index is 14.6. The maximum atomic E-state index is 14.6. The SMILES string of the molecule is Cc1cc(=O)n(-c2cc(Oc3ccccc3OCC(=O)O)c(Cl)cc2F)c(=O)n1C. The van der Waals surface area contributed by atoms with Crippen molar-refractivity contribution in [3.05, 3.63) is 79.8 Å². The second-order valence-electron chi connectivity index (χ2n) is 6.27. The number of carboxylic acids is 1. The molecule has 1 aromatic heterocycles. The van der Waals surface area contributed by atoms with E-state index in [0.29, 0.717) is 10.3 Å². The molecule has 0 spiro atoms. The molecule has 1 heterocycles. The molecule has 30 heavy (non-hydrogen) atoms. The summed E-state index contributed by atoms with van der Waals surface area (Å²) in [5.74, 6) is -1.91. The Bertz CT molecular complexity index is 1250. The molecule has 156 valence electrons. The van der Waals surface area contributed by atoms with Crippen LogP contribution in [-0.4, -0.2) is 26.8 Å². The number of hydrogen-bond acceptors (Lipinski definition) is 5. The zero-order valence-electron chi connectivity index (χ0n) is 15.9. The van der Waals surface area contributed by atoms with E-state index >= 15 is 0 Å². The van der Waals surface area contributed by atoms with Gasteiger partial charge in [-0.1, -0.05) is 23.7 Å². The molecule has 2 aromatic carbocycles. The Kier molecular flexibility index (Phi) is 5.93. The predicted octanol–water partition coefficient (Wildman–Crippen LogP) is 2.89. The second-order valence-corrected chi connectivity index (χ2v) is 6.67. The van der Waals surface area contributed by atoms with Gasteiger partial charge in [-0.15, -0.1) is 0 Å². The molecule has 3 aromatic rings. The van der Waals surface area contributed by atoms with Gasteiger partial charge in [0.15, 0.2) is 18.1 Å². The molecule has 0 saturated heterocycles. The summed E-state index contributed by atoms with van der Waals surface area (Å²) in [6.07, 6.45) is 0. The molecule has 0 amide bonds. The van der Waals surface area contributed by atoms with Crippen molar-refractivity contribution < 1.29 is 23.8 Å². The number of aromatic nitrogens is 2. The normalized spacial score (nSPS) is 10.7. The number of benzene rings is 2. The van der Waals surface area contributed by atoms with Crippen LogP contribution in [0.15, 0.2) is 52.1 Å². The average molecular weight is 435 g/mol. The summed E-state index contributed by atoms with van der Waals surface area (Å²) in [5.41, 5.74) is -1.38. The molecule has 0 bridgehead atoms. The Hall–Kier alpha value is -3.59. The highest BCUT2D eigenvalue weighted by atomic mass is 35.5. The largest absolute Gasteiger partial charge is 0.479 e. The lowest BCUT2D eigenvalue weighted by atomic mass is 10.2. The van der Waals surface area contributed by atoms with E-state index in [1.807, 2.05) is 0 Å². The zero-order valence-corrected chi connectivity index (χ0v) is 16.6. The minimum absolute atomic E-state index is 0.0611. The van der Waals surface area contributed by atoms with Gasteiger partial charge in [-0.05, 0) is 25.1 Å². The fourth-order valence-corrected chi connectivity index (χ4v) is 2.83. The topological polar surface area (TPSA) is 99.8 Å². The lowest BCUT2D eigenvalue weighted by Gasteiger charge is -2.15. The van der Waals surface area contributed by atoms with Gasteiger partial charge in [0.2, 0.25) is 0 Å². The summed E-state index contributed by atoms with van der Waals surface area (Å²) < 4.78 is 27.3. The summed E-state index contributed by atoms with van der Waals surface area (Å²) in [6, 6.07) is 9.43. The van der Waals surface area contributed by atoms with E-state index in [4.69, 9.17) is 26.2 Å². The van der Waals surface area contributed by atoms with Crippen LogP contribution in [0.25, 0.3) is 5.69 Å². The van der Waals surface area contributed by atoms with Crippen LogP contribution >= 0.6 is 11.6 Å². The van der Waals surface area contributed by atoms with Gasteiger partial charge in [-0.2, -0.15) is 0 Å². The van der Waals surface area contributed by atoms with Crippen molar-refractivity contribution in [3.63, 3.8) is 0 Å². The third kappa shape index (κ3) is 4.20. The molecule has 0 radical (unpaired) electrons. The van der Waals surface area contributed by atoms with Crippen LogP contribution < -0.4 is 20.7 Å². The predicted molar refractivity (Wildman–Crippen MR) is 107 cm³/mol. The van der Waals surface area contributed by atoms with Gasteiger partial charge in [-0.3, -0.25) is 4.79 Å². The van der Waals surface area contributed by atoms with Crippen LogP contribution in [0, 0.1) is 12.7 Å². The highest BCUT2D eigenvalue weighted by Crippen LogP contribution is 2.36. The summed E-state index contributed by atoms with van der Waals surface area (Å²) in [6.45, 7) is 0.978. The quantitative estimate of drug-likeness (QED) is 0.640. The minimum atomic E-state index is -1.18. The number of halogens is 2. The van der Waals surface area contributed by atoms with Gasteiger partial charge in [0.1, 0.15) is 11.6 Å². The molecule has 0 aliphatic rings. The third-order valence-electron chi connectivity index (χ3n) is 4.22. The van der Waals surface area contributed by atoms with Gasteiger partial charge >= 0.3 is 11.7 Å². The van der Waals surface area contributed by atoms with Crippen molar-refractivity contribution >= 4 is 17.6 Å². The van der Waals surface area contributed by atoms with Crippen LogP contribution in [0.3, 0.4) is 0 Å². The molecular formula is C20H16ClFN2O6. The van der Waals surface area contributed by atoms with E-state index < -0.39 is 29.6 Å². The molecule has 0 atom stereocenters. The lowest BCUT2D eigenvalue weighted by molar-refractivity contribution is -0.139. The number of hydrogen-bond donors (Lipinski definition) is 1. The molecule has 10 heteroatoms. The molecular weight excluding hydrogens is 419 g/mol. The first-order valence-electron chi connectivity index (χ1n) is 8.59. The van der Waals surface area contributed by atoms with Crippen LogP contribution in [0.1, 0.15) is 5.69 Å². The molecule has 0 aliphatic carbocycles. The molecule has 0 aliphatic heterocycles. The van der Waals surface area contributed by atoms with Crippen molar-refractivity contribution in [1.29, 1.82) is 0 Å². The second kappa shape index (κ2) is 8.42. The first-order valence-corrected chi connectivity index (χ1v) is 8.97. The smallest absolute Gasteiger partial charge is 0.341 e. The highest BCUT2D eigenvalue weighted by Gasteiger charge is 2.18. The summed E-state index contributed by atoms with van der Waals surface area (Å²) in [7, 11) is 1.45. The van der Waals surface area contributed by atoms with E-state index in [-0.39, 0.29) is 28.0 Å². The van der Waals surface area contributed by atoms with Crippen LogP contribution in [0.2, 0.25) is 5.02 Å². The van der Waals surface area contributed by atoms with Gasteiger partial charge < -0.3 is 19.1 Å². The monoisotopic (exact) mass is 434 g/mol. The Labute approximate surface area is 174 Å². The van der Waals surface area contributed by atoms with Gasteiger partial charge in [0.05, 0.1) is 10.7 Å². The molecule has 0 unspecified atom stereocenters. The van der Waals surface area contributed by atoms with Gasteiger partial charge in [-0.25, -0.2) is 18.5 Å². The lowest BCUT2D eigenvalue weighted by Crippen LogP contribution is -2.38. The zero-order chi connectivity index (χ0) is 22.0. The van der Waals surface area contributed by atoms with E-state index in [9.17, 15) is 18.8 Å². The number of para-hydroxylation sites is 2. The van der Waals surface area contributed by atoms with Gasteiger partial charge in [0.25, 0.3) is 5.56 Å². The van der Waals surface area contributed by atoms with Crippen LogP contribution in [-0.2, 0) is 11.8 Å². The summed E-state index contributed by atoms with van der Waals surface area (Å²) in [5, 5.41) is 8.67. The van der Waals surface area contributed by atoms with Crippen molar-refractivity contribution in [2.75, 3.05) is 6.61 Å². The number of ether oxygens (including phenoxy) is 2. The Balaban J connectivity index is 2.09. The minimum Gasteiger partial charge on any atom is -0.479 e. The molecule has 8 nitrogen and oxygen atoms in total. The van der Waals surface area contributed by atoms with Crippen molar-refractivity contribution in [2.24, 2.45) is 7.05 Å². The molecule has 0 saturated carbocycles. The fourth-order valence-electron chi connectivity index (χ4n) is 2.64. The van der Waals surface area contributed by atoms with Crippen molar-refractivity contribution in [3.8, 4) is 22.9 Å². The Morgan fingerprint density at radius 2 is 1.80 bits per heavy atom. The van der Waals surface area contributed by atoms with E-state index in [0.717, 1.165) is 12.1 Å². The van der Waals surface area contributed by atoms with E-state index in [1.54, 1.807) is 19.1 Å². The summed E-state index contributed by atoms with van der Waals surface area (Å²) in [4.78, 5) is 35.6. The number of aryl methyl sites for hydroxylation is 1. The summed E-state index contributed by atoms with van der Waals surface area (Å²) >= 11 is 6.08. The fraction of sp³-hybridized carbons (Fsp3) is 0.150. The first kappa shape index (κ1) is 21.1. The third-order valence-corrected chi connectivity index (χ3v) is 4.52. The number of aliphatic carboxylic acids is 1. The number of carbonyl (C=O) groups is 1. The van der Waals surface area contributed by atoms with Gasteiger partial charge in [0, 0.05) is 24.9 Å². The first-order chi connectivity index (χ1) is 14.2. The highest BCUT2D eigenvalue weighted by molar-refractivity contribution is 6.32. The van der Waals surface area contributed by atoms with Crippen LogP contribution in [0.4, 0.5) is 4.39 Å². The van der Waals surface area contributed by atoms with E-state index in [2.05, 4.69) is 0 Å². The standard InChI is InChI=1S/C20H16ClFN2O6/c1-11-7-18(25)24(20(28)23(11)2)14-9-17(12(21)8-13(14)22)30-16-6-4-3-5-15(16)29-10-19(26)27/h3-9H,10H2,1-2H3,(H,26,27). The number of carboxylic acid groups (broad SMARTS) is 1. The van der Waals surface area contributed by atoms with Crippen molar-refractivity contribution in [2.45, 2.75) is 6.92 Å². The van der Waals surface area contributed by atoms with Crippen molar-refractivity contribution in [1.82, 2.24) is 9.13 Å². The molecule has 3 rings (SSSR count). The molecule has 0 fully saturated rings.